The summed E-state index contributed by atoms with van der Waals surface area (Å²) in [5.41, 5.74) is 15.7. The van der Waals surface area contributed by atoms with Gasteiger partial charge in [-0.3, -0.25) is 0 Å². The molecule has 0 radical (unpaired) electrons. The summed E-state index contributed by atoms with van der Waals surface area (Å²) >= 11 is 8.81. The second-order valence-electron chi connectivity index (χ2n) is 17.8. The number of rotatable bonds is 6. The molecule has 5 rings (SSSR count). The van der Waals surface area contributed by atoms with Gasteiger partial charge in [-0.15, -0.1) is 0 Å². The molecule has 0 aliphatic carbocycles. The first-order valence-corrected chi connectivity index (χ1v) is 111. The second-order valence-corrected chi connectivity index (χ2v) is 108. The molecule has 0 aliphatic heterocycles. The van der Waals surface area contributed by atoms with Gasteiger partial charge in [0.25, 0.3) is 0 Å². The first-order chi connectivity index (χ1) is 25.9. The average Bonchev–Trinajstić information content (AvgIpc) is 3.16. The van der Waals surface area contributed by atoms with E-state index in [1.165, 1.54) is 0 Å². The van der Waals surface area contributed by atoms with Crippen LogP contribution in [0.1, 0.15) is 11.1 Å². The van der Waals surface area contributed by atoms with Gasteiger partial charge < -0.3 is 0 Å². The van der Waals surface area contributed by atoms with Crippen molar-refractivity contribution in [2.24, 2.45) is 0 Å². The zero-order valence-corrected chi connectivity index (χ0v) is 221. The van der Waals surface area contributed by atoms with Gasteiger partial charge in [0, 0.05) is 0 Å². The van der Waals surface area contributed by atoms with Crippen molar-refractivity contribution >= 4 is 47.4 Å². The minimum atomic E-state index is 0.285. The zero-order valence-electron chi connectivity index (χ0n) is 39.9. The normalized spacial score (nSPS) is 10.8. The Kier molecular flexibility index (Phi) is 48.4. The molecule has 210 valence electrons. The van der Waals surface area contributed by atoms with Crippen LogP contribution in [0.2, 0.25) is 0 Å². The average molecular weight is 5410 g/mol. The van der Waals surface area contributed by atoms with Gasteiger partial charge in [0.1, 0.15) is 0 Å². The Hall–Kier alpha value is 28.0. The van der Waals surface area contributed by atoms with Crippen LogP contribution in [0.15, 0.2) is 0 Å². The van der Waals surface area contributed by atoms with Crippen LogP contribution in [0.5, 0.6) is 0 Å². The maximum absolute atomic E-state index is 3.37. The van der Waals surface area contributed by atoms with Crippen LogP contribution >= 0.6 is 0 Å². The molecule has 5 aromatic carbocycles. The predicted molar refractivity (Wildman–Crippen MR) is 168 cm³/mol. The van der Waals surface area contributed by atoms with Crippen LogP contribution in [-0.2, 0) is 0 Å². The van der Waals surface area contributed by atoms with E-state index in [4.69, 9.17) is 0 Å². The summed E-state index contributed by atoms with van der Waals surface area (Å²) < 4.78 is 45.3. The van der Waals surface area contributed by atoms with Gasteiger partial charge in [0.2, 0.25) is 0 Å². The van der Waals surface area contributed by atoms with Crippen molar-refractivity contribution in [2.75, 3.05) is 9.80 Å². The summed E-state index contributed by atoms with van der Waals surface area (Å²) in [6.07, 6.45) is 0. The fourth-order valence-corrected chi connectivity index (χ4v) is 200. The number of benzene rings is 5. The van der Waals surface area contributed by atoms with Gasteiger partial charge in [0.15, 0.2) is 0 Å². The summed E-state index contributed by atoms with van der Waals surface area (Å²) in [7, 11) is 0. The molecule has 0 amide bonds. The molecule has 0 fully saturated rings. The van der Waals surface area contributed by atoms with Crippen molar-refractivity contribution in [2.45, 2.75) is 13.8 Å². The van der Waals surface area contributed by atoms with Crippen molar-refractivity contribution in [3.63, 3.8) is 0 Å². The third kappa shape index (κ3) is 18.2. The molecule has 0 bridgehead atoms. The molecule has 0 heterocycles. The van der Waals surface area contributed by atoms with Gasteiger partial charge in [-0.25, -0.2) is 0 Å². The fraction of sp³-hybridized carbons (Fsp3) is 0.0625. The Balaban J connectivity index is 2.07. The van der Waals surface area contributed by atoms with E-state index in [0.717, 1.165) is 0 Å². The molecular formula is C32H28N2Ra22. The fourth-order valence-electron chi connectivity index (χ4n) is 9.88. The van der Waals surface area contributed by atoms with Gasteiger partial charge in [-0.2, -0.15) is 0 Å². The molecule has 56 heavy (non-hydrogen) atoms. The molecule has 0 N–H and O–H groups in total. The minimum absolute atomic E-state index is 0.285. The van der Waals surface area contributed by atoms with Crippen LogP contribution in [-0.4, -0.2) is 0 Å². The summed E-state index contributed by atoms with van der Waals surface area (Å²) in [5.74, 6) is 0. The molecule has 0 saturated carbocycles. The van der Waals surface area contributed by atoms with Crippen molar-refractivity contribution in [3.8, 4) is 0 Å². The third-order valence-electron chi connectivity index (χ3n) is 15.7. The van der Waals surface area contributed by atoms with Crippen molar-refractivity contribution in [3.05, 3.63) is 11.1 Å². The first-order valence-electron chi connectivity index (χ1n) is 20.8. The molecule has 0 saturated heterocycles. The molecule has 0 spiro atoms. The van der Waals surface area contributed by atoms with Gasteiger partial charge in [0.05, 0.1) is 0 Å². The van der Waals surface area contributed by atoms with E-state index in [0.29, 0.717) is 770 Å². The van der Waals surface area contributed by atoms with E-state index in [9.17, 15) is 0 Å². The molecule has 0 aliphatic rings. The summed E-state index contributed by atoms with van der Waals surface area (Å²) in [6, 6.07) is 0. The SMILES string of the molecule is Cc1[c]([RaH])[c]([RaH])c(N(c2[c]([RaH])[c]([RaH])[c]([RaH])[c]([RaH])[c]2[RaH])c2[c]([RaH])[c]([RaH])c(N(c3[c]([RaH])[c]([RaH])c(C)[c]([RaH])[c]3[RaH])c3[c]([RaH])[c]([RaH])[c]([RaH])[c]([RaH])[c]3[RaH])[c]([RaH])[c]2[RaH])[c]([RaH])[c]1[RaH]. The van der Waals surface area contributed by atoms with Crippen LogP contribution in [0.3, 0.4) is 0 Å². The number of nitrogens with zero attached hydrogens (tertiary/aromatic N) is 2. The summed E-state index contributed by atoms with van der Waals surface area (Å²) in [4.78, 5) is 6.75. The Bertz CT molecular complexity index is 2090. The summed E-state index contributed by atoms with van der Waals surface area (Å²) in [5, 5.41) is 0. The molecule has 0 aromatic heterocycles. The summed E-state index contributed by atoms with van der Waals surface area (Å²) in [6.45, 7) is 5.22. The second kappa shape index (κ2) is 36.3. The standard InChI is InChI=1S/C32H6N2.22Ra.22H/c1-25-13-17-29(18-14-25)33(27-9-5-3-6-10-27)31-21-23-32(24-22-31)34(28-11-7-4-8-12-28)30-19-15-26(2)16-20-30;;;;;;;;;;;;;;;;;;;;;;;;;;;;;;;;;;;;;;;;;;;;/h1-2H3;;;;;;;;;;;;;;;;;;;;;;;;;;;;;;;;;;;;;;;;;;;;. The molecule has 0 atom stereocenters. The zero-order chi connectivity index (χ0) is 42.5. The molecule has 2 nitrogen and oxygen atoms in total. The van der Waals surface area contributed by atoms with E-state index < -0.39 is 0 Å². The van der Waals surface area contributed by atoms with Crippen LogP contribution in [0, 0.1) is 955 Å². The number of hydrogen-bond acceptors (Lipinski definition) is 2. The Morgan fingerprint density at radius 1 is 0.179 bits per heavy atom. The van der Waals surface area contributed by atoms with Crippen molar-refractivity contribution < 1.29 is 941 Å². The van der Waals surface area contributed by atoms with E-state index in [2.05, 4.69) is 32.1 Å². The molecule has 0 unspecified atom stereocenters. The molecule has 5 aromatic rings. The topological polar surface area (TPSA) is 6.48 Å². The van der Waals surface area contributed by atoms with Gasteiger partial charge >= 0.3 is 1020 Å². The van der Waals surface area contributed by atoms with E-state index in [1.807, 2.05) is 50.1 Å². The van der Waals surface area contributed by atoms with Crippen molar-refractivity contribution in [1.82, 2.24) is 0 Å². The number of anilines is 6. The number of hydrogen-bond donors (Lipinski definition) is 0. The quantitative estimate of drug-likeness (QED) is 0.167. The van der Waals surface area contributed by atoms with Gasteiger partial charge in [-0.05, 0) is 0 Å². The monoisotopic (exact) mass is 5410 g/mol. The Morgan fingerprint density at radius 3 is 0.446 bits per heavy atom. The predicted octanol–water partition coefficient (Wildman–Crippen LogP) is -14.8. The molecular weight excluding hydrogens is 5380 g/mol. The van der Waals surface area contributed by atoms with Crippen LogP contribution in [0.25, 0.3) is 0 Å². The van der Waals surface area contributed by atoms with E-state index >= 15 is 0 Å². The first kappa shape index (κ1) is 74.7. The molecule has 24 heteroatoms. The van der Waals surface area contributed by atoms with E-state index in [-0.39, 0.29) is 171 Å². The third-order valence-corrected chi connectivity index (χ3v) is 374. The van der Waals surface area contributed by atoms with E-state index in [1.54, 1.807) is 0 Å². The maximum atomic E-state index is 3.37. The van der Waals surface area contributed by atoms with Gasteiger partial charge in [-0.1, -0.05) is 0 Å². The van der Waals surface area contributed by atoms with Crippen molar-refractivity contribution in [1.29, 1.82) is 0 Å². The Labute approximate surface area is 978 Å². The Morgan fingerprint density at radius 2 is 0.286 bits per heavy atom. The van der Waals surface area contributed by atoms with Crippen LogP contribution in [0.4, 0.5) is 34.1 Å². The van der Waals surface area contributed by atoms with Crippen LogP contribution < -0.4 is 23.1 Å².